The van der Waals surface area contributed by atoms with E-state index in [2.05, 4.69) is 0 Å². The van der Waals surface area contributed by atoms with Crippen LogP contribution in [0.2, 0.25) is 0 Å². The van der Waals surface area contributed by atoms with Crippen LogP contribution in [0, 0.1) is 0 Å². The zero-order chi connectivity index (χ0) is 5.70. The van der Waals surface area contributed by atoms with Crippen LogP contribution in [0.3, 0.4) is 0 Å². The van der Waals surface area contributed by atoms with Crippen LogP contribution < -0.4 is 0 Å². The van der Waals surface area contributed by atoms with Gasteiger partial charge in [0.15, 0.2) is 0 Å². The van der Waals surface area contributed by atoms with Gasteiger partial charge < -0.3 is 15.0 Å². The van der Waals surface area contributed by atoms with Gasteiger partial charge in [0.1, 0.15) is 12.4 Å². The topological polar surface area (TPSA) is 57.5 Å². The van der Waals surface area contributed by atoms with Gasteiger partial charge in [0, 0.05) is 13.0 Å². The van der Waals surface area contributed by atoms with Crippen LogP contribution in [-0.2, 0) is 4.79 Å². The fraction of sp³-hybridized carbons (Fsp3) is 0.750. The van der Waals surface area contributed by atoms with Gasteiger partial charge in [-0.3, -0.25) is 0 Å². The summed E-state index contributed by atoms with van der Waals surface area (Å²) in [5, 5.41) is 16.4. The monoisotopic (exact) mass is 104 g/mol. The van der Waals surface area contributed by atoms with Crippen LogP contribution in [0.15, 0.2) is 0 Å². The van der Waals surface area contributed by atoms with E-state index in [0.717, 1.165) is 0 Å². The summed E-state index contributed by atoms with van der Waals surface area (Å²) >= 11 is 0. The number of aliphatic hydroxyl groups is 2. The van der Waals surface area contributed by atoms with E-state index >= 15 is 0 Å². The zero-order valence-electron chi connectivity index (χ0n) is 3.87. The Morgan fingerprint density at radius 3 is 2.43 bits per heavy atom. The molecule has 0 aliphatic heterocycles. The van der Waals surface area contributed by atoms with Crippen LogP contribution in [0.25, 0.3) is 0 Å². The van der Waals surface area contributed by atoms with E-state index in [1.165, 1.54) is 0 Å². The van der Waals surface area contributed by atoms with E-state index in [1.54, 1.807) is 0 Å². The largest absolute Gasteiger partial charge is 0.396 e. The summed E-state index contributed by atoms with van der Waals surface area (Å²) in [6.07, 6.45) is -0.440. The van der Waals surface area contributed by atoms with Crippen molar-refractivity contribution in [3.63, 3.8) is 0 Å². The molecule has 0 bridgehead atoms. The van der Waals surface area contributed by atoms with Crippen molar-refractivity contribution in [1.29, 1.82) is 0 Å². The lowest BCUT2D eigenvalue weighted by Gasteiger charge is -1.94. The minimum atomic E-state index is -0.981. The number of carbonyl (C=O) groups is 1. The second-order valence-corrected chi connectivity index (χ2v) is 1.22. The smallest absolute Gasteiger partial charge is 0.148 e. The van der Waals surface area contributed by atoms with Crippen LogP contribution in [0.4, 0.5) is 0 Å². The maximum absolute atomic E-state index is 9.53. The summed E-state index contributed by atoms with van der Waals surface area (Å²) < 4.78 is 0. The van der Waals surface area contributed by atoms with Crippen LogP contribution in [-0.4, -0.2) is 29.2 Å². The third-order valence-corrected chi connectivity index (χ3v) is 0.582. The molecule has 0 rings (SSSR count). The highest BCUT2D eigenvalue weighted by Crippen LogP contribution is 1.81. The van der Waals surface area contributed by atoms with E-state index in [1.807, 2.05) is 0 Å². The van der Waals surface area contributed by atoms with E-state index in [4.69, 9.17) is 10.2 Å². The highest BCUT2D eigenvalue weighted by Gasteiger charge is 1.96. The first-order valence-corrected chi connectivity index (χ1v) is 2.05. The molecule has 0 aliphatic carbocycles. The van der Waals surface area contributed by atoms with Crippen molar-refractivity contribution in [1.82, 2.24) is 0 Å². The number of aldehydes is 1. The molecule has 1 unspecified atom stereocenters. The van der Waals surface area contributed by atoms with Crippen molar-refractivity contribution in [2.24, 2.45) is 0 Å². The molecule has 42 valence electrons. The third kappa shape index (κ3) is 3.42. The number of carbonyl (C=O) groups excluding carboxylic acids is 1. The molecule has 3 heteroatoms. The second kappa shape index (κ2) is 3.77. The number of rotatable bonds is 3. The molecule has 0 aromatic rings. The first kappa shape index (κ1) is 6.59. The normalized spacial score (nSPS) is 13.4. The van der Waals surface area contributed by atoms with Crippen molar-refractivity contribution in [3.8, 4) is 0 Å². The highest BCUT2D eigenvalue weighted by molar-refractivity contribution is 5.55. The Morgan fingerprint density at radius 2 is 2.29 bits per heavy atom. The van der Waals surface area contributed by atoms with Crippen LogP contribution in [0.5, 0.6) is 0 Å². The van der Waals surface area contributed by atoms with Gasteiger partial charge in [-0.25, -0.2) is 0 Å². The molecule has 0 saturated heterocycles. The molecule has 3 nitrogen and oxygen atoms in total. The number of hydrogen-bond acceptors (Lipinski definition) is 3. The molecular weight excluding hydrogens is 96.0 g/mol. The van der Waals surface area contributed by atoms with Gasteiger partial charge in [-0.2, -0.15) is 0 Å². The Kier molecular flexibility index (Phi) is 3.55. The minimum absolute atomic E-state index is 0.139. The molecule has 0 aromatic heterocycles. The Balaban J connectivity index is 2.98. The summed E-state index contributed by atoms with van der Waals surface area (Å²) in [6, 6.07) is 0. The quantitative estimate of drug-likeness (QED) is 0.448. The van der Waals surface area contributed by atoms with E-state index in [0.29, 0.717) is 6.29 Å². The third-order valence-electron chi connectivity index (χ3n) is 0.582. The van der Waals surface area contributed by atoms with Crippen LogP contribution >= 0.6 is 0 Å². The maximum atomic E-state index is 9.53. The Labute approximate surface area is 41.6 Å². The predicted molar refractivity (Wildman–Crippen MR) is 23.8 cm³/mol. The summed E-state index contributed by atoms with van der Waals surface area (Å²) in [6.45, 7) is -0.139. The van der Waals surface area contributed by atoms with Gasteiger partial charge in [0.2, 0.25) is 0 Å². The van der Waals surface area contributed by atoms with Crippen LogP contribution in [0.1, 0.15) is 6.42 Å². The van der Waals surface area contributed by atoms with E-state index in [-0.39, 0.29) is 13.0 Å². The summed E-state index contributed by atoms with van der Waals surface area (Å²) in [7, 11) is 0. The first-order chi connectivity index (χ1) is 3.31. The van der Waals surface area contributed by atoms with Gasteiger partial charge in [0.05, 0.1) is 0 Å². The first-order valence-electron chi connectivity index (χ1n) is 2.05. The van der Waals surface area contributed by atoms with E-state index < -0.39 is 6.10 Å². The van der Waals surface area contributed by atoms with Crippen molar-refractivity contribution < 1.29 is 15.0 Å². The highest BCUT2D eigenvalue weighted by atomic mass is 16.3. The van der Waals surface area contributed by atoms with Gasteiger partial charge in [-0.05, 0) is 0 Å². The average Bonchev–Trinajstić information content (AvgIpc) is 1.68. The second-order valence-electron chi connectivity index (χ2n) is 1.22. The number of hydrogen-bond donors (Lipinski definition) is 2. The minimum Gasteiger partial charge on any atom is -0.396 e. The Hall–Kier alpha value is -0.410. The molecule has 0 heterocycles. The molecular formula is C4H8O3. The fourth-order valence-electron chi connectivity index (χ4n) is 0.200. The maximum Gasteiger partial charge on any atom is 0.148 e. The van der Waals surface area contributed by atoms with Crippen molar-refractivity contribution in [3.05, 3.63) is 0 Å². The zero-order valence-corrected chi connectivity index (χ0v) is 3.87. The summed E-state index contributed by atoms with van der Waals surface area (Å²) in [4.78, 5) is 9.53. The van der Waals surface area contributed by atoms with Gasteiger partial charge in [-0.15, -0.1) is 0 Å². The predicted octanol–water partition coefficient (Wildman–Crippen LogP) is -1.07. The molecule has 2 N–H and O–H groups in total. The Bertz CT molecular complexity index is 52.9. The molecule has 0 aliphatic rings. The molecule has 0 saturated carbocycles. The SMILES string of the molecule is O=CC(O)CCO. The lowest BCUT2D eigenvalue weighted by Crippen LogP contribution is -2.08. The fourth-order valence-corrected chi connectivity index (χ4v) is 0.200. The van der Waals surface area contributed by atoms with Crippen molar-refractivity contribution in [2.75, 3.05) is 6.61 Å². The summed E-state index contributed by atoms with van der Waals surface area (Å²) in [5.41, 5.74) is 0. The molecule has 7 heavy (non-hydrogen) atoms. The summed E-state index contributed by atoms with van der Waals surface area (Å²) in [5.74, 6) is 0. The Morgan fingerprint density at radius 1 is 1.71 bits per heavy atom. The molecule has 0 amide bonds. The average molecular weight is 104 g/mol. The molecule has 1 atom stereocenters. The van der Waals surface area contributed by atoms with Gasteiger partial charge in [0.25, 0.3) is 0 Å². The molecule has 0 aromatic carbocycles. The molecule has 0 spiro atoms. The molecule has 0 radical (unpaired) electrons. The standard InChI is InChI=1S/C4H8O3/c5-2-1-4(7)3-6/h3-5,7H,1-2H2. The van der Waals surface area contributed by atoms with Gasteiger partial charge >= 0.3 is 0 Å². The van der Waals surface area contributed by atoms with Crippen molar-refractivity contribution in [2.45, 2.75) is 12.5 Å². The van der Waals surface area contributed by atoms with Gasteiger partial charge in [-0.1, -0.05) is 0 Å². The van der Waals surface area contributed by atoms with E-state index in [9.17, 15) is 4.79 Å². The number of aliphatic hydroxyl groups excluding tert-OH is 2. The molecule has 0 fully saturated rings. The van der Waals surface area contributed by atoms with Crippen molar-refractivity contribution >= 4 is 6.29 Å². The lowest BCUT2D eigenvalue weighted by molar-refractivity contribution is -0.115. The lowest BCUT2D eigenvalue weighted by atomic mass is 10.3.